The summed E-state index contributed by atoms with van der Waals surface area (Å²) in [6.45, 7) is 4.39. The molecule has 0 radical (unpaired) electrons. The van der Waals surface area contributed by atoms with Crippen LogP contribution in [0.3, 0.4) is 0 Å². The number of nitrogens with zero attached hydrogens (tertiary/aromatic N) is 3. The van der Waals surface area contributed by atoms with E-state index in [9.17, 15) is 14.3 Å². The molecule has 6 rings (SSSR count). The van der Waals surface area contributed by atoms with Gasteiger partial charge in [0.2, 0.25) is 0 Å². The molecule has 0 bridgehead atoms. The van der Waals surface area contributed by atoms with Gasteiger partial charge in [-0.2, -0.15) is 0 Å². The van der Waals surface area contributed by atoms with Crippen LogP contribution >= 0.6 is 12.4 Å². The number of likely N-dealkylation sites (tertiary alicyclic amines) is 1. The van der Waals surface area contributed by atoms with Gasteiger partial charge in [-0.15, -0.1) is 12.4 Å². The number of hydrogen-bond acceptors (Lipinski definition) is 7. The van der Waals surface area contributed by atoms with Gasteiger partial charge in [-0.3, -0.25) is 9.78 Å². The zero-order valence-electron chi connectivity index (χ0n) is 19.9. The van der Waals surface area contributed by atoms with Crippen LogP contribution in [0, 0.1) is 5.82 Å². The molecular formula is C26H30ClFN4O4. The molecule has 5 heterocycles. The van der Waals surface area contributed by atoms with Crippen molar-refractivity contribution in [2.24, 2.45) is 0 Å². The van der Waals surface area contributed by atoms with Gasteiger partial charge in [-0.05, 0) is 37.1 Å². The van der Waals surface area contributed by atoms with E-state index in [4.69, 9.17) is 9.47 Å². The molecule has 36 heavy (non-hydrogen) atoms. The maximum atomic E-state index is 14.4. The summed E-state index contributed by atoms with van der Waals surface area (Å²) in [5.74, 6) is 1.28. The fourth-order valence-corrected chi connectivity index (χ4v) is 5.63. The van der Waals surface area contributed by atoms with E-state index in [1.54, 1.807) is 16.8 Å². The van der Waals surface area contributed by atoms with Gasteiger partial charge >= 0.3 is 0 Å². The quantitative estimate of drug-likeness (QED) is 0.538. The number of piperidine rings is 1. The second-order valence-electron chi connectivity index (χ2n) is 9.63. The van der Waals surface area contributed by atoms with Gasteiger partial charge in [-0.1, -0.05) is 6.07 Å². The normalized spacial score (nSPS) is 23.3. The minimum atomic E-state index is -0.507. The number of aromatic nitrogens is 2. The molecule has 0 amide bonds. The van der Waals surface area contributed by atoms with E-state index in [-0.39, 0.29) is 35.7 Å². The van der Waals surface area contributed by atoms with Crippen molar-refractivity contribution in [1.29, 1.82) is 0 Å². The Morgan fingerprint density at radius 1 is 1.11 bits per heavy atom. The monoisotopic (exact) mass is 516 g/mol. The van der Waals surface area contributed by atoms with Crippen LogP contribution in [0.25, 0.3) is 10.9 Å². The van der Waals surface area contributed by atoms with Crippen molar-refractivity contribution in [3.05, 3.63) is 64.0 Å². The van der Waals surface area contributed by atoms with E-state index < -0.39 is 6.10 Å². The fourth-order valence-electron chi connectivity index (χ4n) is 5.63. The Kier molecular flexibility index (Phi) is 7.16. The molecule has 0 aliphatic carbocycles. The maximum Gasteiger partial charge on any atom is 0.251 e. The molecule has 8 nitrogen and oxygen atoms in total. The average Bonchev–Trinajstić information content (AvgIpc) is 2.87. The number of benzene rings is 1. The molecule has 1 fully saturated rings. The minimum absolute atomic E-state index is 0. The molecule has 2 N–H and O–H groups in total. The van der Waals surface area contributed by atoms with Crippen LogP contribution in [-0.2, 0) is 13.1 Å². The first-order chi connectivity index (χ1) is 17.1. The molecule has 2 aromatic heterocycles. The number of hydrogen-bond donors (Lipinski definition) is 2. The van der Waals surface area contributed by atoms with Crippen molar-refractivity contribution in [2.75, 3.05) is 32.8 Å². The highest BCUT2D eigenvalue weighted by Crippen LogP contribution is 2.34. The van der Waals surface area contributed by atoms with Gasteiger partial charge in [0.25, 0.3) is 5.56 Å². The highest BCUT2D eigenvalue weighted by atomic mass is 35.5. The van der Waals surface area contributed by atoms with E-state index in [0.29, 0.717) is 49.7 Å². The standard InChI is InChI=1S/C26H29FN4O4.ClH/c27-20-3-1-18-16(5-8-31-25(33)4-2-19(20)26(18)31)14-30-7-6-21(22(32)15-30)29-12-17-11-23-24(13-28-17)35-10-9-34-23;/h1-4,11,13,16,21-22,29,32H,5-10,12,14-15H2;1H/t16?,21-,22+;/m0./s1. The Labute approximate surface area is 214 Å². The third kappa shape index (κ3) is 4.68. The lowest BCUT2D eigenvalue weighted by molar-refractivity contribution is 0.0364. The molecule has 3 aromatic rings. The molecule has 1 aromatic carbocycles. The van der Waals surface area contributed by atoms with Crippen LogP contribution in [0.15, 0.2) is 41.3 Å². The Bertz CT molecular complexity index is 1320. The van der Waals surface area contributed by atoms with Gasteiger partial charge in [0.05, 0.1) is 23.5 Å². The predicted octanol–water partition coefficient (Wildman–Crippen LogP) is 2.44. The Hall–Kier alpha value is -2.72. The molecule has 10 heteroatoms. The number of halogens is 2. The fraction of sp³-hybridized carbons (Fsp3) is 0.462. The highest BCUT2D eigenvalue weighted by molar-refractivity contribution is 5.85. The summed E-state index contributed by atoms with van der Waals surface area (Å²) >= 11 is 0. The van der Waals surface area contributed by atoms with E-state index >= 15 is 0 Å². The molecule has 1 saturated heterocycles. The molecule has 3 atom stereocenters. The lowest BCUT2D eigenvalue weighted by Crippen LogP contribution is -2.53. The molecule has 3 aliphatic rings. The lowest BCUT2D eigenvalue weighted by Gasteiger charge is -2.39. The van der Waals surface area contributed by atoms with Crippen molar-refractivity contribution >= 4 is 23.3 Å². The van der Waals surface area contributed by atoms with Crippen LogP contribution in [0.1, 0.15) is 30.0 Å². The first-order valence-corrected chi connectivity index (χ1v) is 12.3. The molecule has 1 unspecified atom stereocenters. The number of fused-ring (bicyclic) bond motifs is 1. The number of ether oxygens (including phenoxy) is 2. The number of aryl methyl sites for hydroxylation is 1. The van der Waals surface area contributed by atoms with Crippen molar-refractivity contribution in [3.63, 3.8) is 0 Å². The first-order valence-electron chi connectivity index (χ1n) is 12.3. The lowest BCUT2D eigenvalue weighted by atomic mass is 9.88. The summed E-state index contributed by atoms with van der Waals surface area (Å²) < 4.78 is 27.3. The van der Waals surface area contributed by atoms with Gasteiger partial charge < -0.3 is 29.4 Å². The van der Waals surface area contributed by atoms with Crippen LogP contribution < -0.4 is 20.3 Å². The number of aliphatic hydroxyl groups excluding tert-OH is 1. The second kappa shape index (κ2) is 10.3. The molecule has 0 saturated carbocycles. The Morgan fingerprint density at radius 2 is 1.94 bits per heavy atom. The number of β-amino-alcohol motifs (C(OH)–C–C–N with tert-alkyl or cyclic N) is 1. The third-order valence-electron chi connectivity index (χ3n) is 7.44. The van der Waals surface area contributed by atoms with E-state index in [1.165, 1.54) is 12.1 Å². The summed E-state index contributed by atoms with van der Waals surface area (Å²) in [5.41, 5.74) is 2.50. The van der Waals surface area contributed by atoms with Gasteiger partial charge in [0, 0.05) is 55.7 Å². The summed E-state index contributed by atoms with van der Waals surface area (Å²) in [6, 6.07) is 8.23. The molecular weight excluding hydrogens is 487 g/mol. The summed E-state index contributed by atoms with van der Waals surface area (Å²) in [5, 5.41) is 14.8. The smallest absolute Gasteiger partial charge is 0.251 e. The van der Waals surface area contributed by atoms with E-state index in [1.807, 2.05) is 12.1 Å². The minimum Gasteiger partial charge on any atom is -0.486 e. The van der Waals surface area contributed by atoms with Crippen LogP contribution in [-0.4, -0.2) is 64.6 Å². The van der Waals surface area contributed by atoms with Crippen LogP contribution in [0.5, 0.6) is 11.5 Å². The van der Waals surface area contributed by atoms with Gasteiger partial charge in [0.1, 0.15) is 19.0 Å². The van der Waals surface area contributed by atoms with E-state index in [0.717, 1.165) is 42.7 Å². The molecule has 0 spiro atoms. The molecule has 192 valence electrons. The summed E-state index contributed by atoms with van der Waals surface area (Å²) in [7, 11) is 0. The summed E-state index contributed by atoms with van der Waals surface area (Å²) in [4.78, 5) is 19.1. The van der Waals surface area contributed by atoms with Gasteiger partial charge in [0.15, 0.2) is 11.5 Å². The second-order valence-corrected chi connectivity index (χ2v) is 9.63. The Morgan fingerprint density at radius 3 is 2.78 bits per heavy atom. The van der Waals surface area contributed by atoms with Crippen molar-refractivity contribution in [3.8, 4) is 11.5 Å². The van der Waals surface area contributed by atoms with Crippen molar-refractivity contribution < 1.29 is 19.0 Å². The number of pyridine rings is 2. The highest BCUT2D eigenvalue weighted by Gasteiger charge is 2.31. The van der Waals surface area contributed by atoms with Crippen molar-refractivity contribution in [1.82, 2.24) is 19.8 Å². The van der Waals surface area contributed by atoms with Crippen molar-refractivity contribution in [2.45, 2.75) is 44.0 Å². The zero-order chi connectivity index (χ0) is 23.9. The number of rotatable bonds is 5. The molecule has 3 aliphatic heterocycles. The Balaban J connectivity index is 0.00000267. The van der Waals surface area contributed by atoms with Crippen LogP contribution in [0.4, 0.5) is 4.39 Å². The van der Waals surface area contributed by atoms with E-state index in [2.05, 4.69) is 15.2 Å². The van der Waals surface area contributed by atoms with Gasteiger partial charge in [-0.25, -0.2) is 4.39 Å². The van der Waals surface area contributed by atoms with Crippen LogP contribution in [0.2, 0.25) is 0 Å². The number of aliphatic hydroxyl groups is 1. The summed E-state index contributed by atoms with van der Waals surface area (Å²) in [6.07, 6.45) is 2.82. The topological polar surface area (TPSA) is 88.9 Å². The number of nitrogens with one attached hydrogen (secondary N) is 1. The zero-order valence-corrected chi connectivity index (χ0v) is 20.7. The largest absolute Gasteiger partial charge is 0.486 e. The first kappa shape index (κ1) is 25.0. The average molecular weight is 517 g/mol. The predicted molar refractivity (Wildman–Crippen MR) is 136 cm³/mol. The maximum absolute atomic E-state index is 14.4. The third-order valence-corrected chi connectivity index (χ3v) is 7.44. The SMILES string of the molecule is Cl.O=c1ccc2c(F)ccc3c2n1CCC3CN1CC[C@H](NCc2cc3c(cn2)OCCO3)[C@H](O)C1.